The second kappa shape index (κ2) is 4.88. The molecule has 0 aliphatic rings. The molecule has 0 amide bonds. The molecule has 1 aromatic rings. The van der Waals surface area contributed by atoms with Crippen LogP contribution in [-0.4, -0.2) is 10.1 Å². The quantitative estimate of drug-likeness (QED) is 0.358. The number of thiocarbonyl (C=S) groups is 2. The van der Waals surface area contributed by atoms with Gasteiger partial charge in [-0.2, -0.15) is 0 Å². The lowest BCUT2D eigenvalue weighted by Gasteiger charge is -2.10. The van der Waals surface area contributed by atoms with Gasteiger partial charge in [0.2, 0.25) is 5.82 Å². The summed E-state index contributed by atoms with van der Waals surface area (Å²) in [5.74, 6) is -10.5. The number of nitrogens with two attached hydrogens (primary N) is 1. The van der Waals surface area contributed by atoms with Crippen molar-refractivity contribution in [1.29, 1.82) is 0 Å². The molecule has 92 valence electrons. The minimum Gasteiger partial charge on any atom is -0.376 e. The van der Waals surface area contributed by atoms with E-state index in [-0.39, 0.29) is 0 Å². The van der Waals surface area contributed by atoms with E-state index in [9.17, 15) is 22.0 Å². The van der Waals surface area contributed by atoms with Gasteiger partial charge in [0.05, 0.1) is 5.56 Å². The van der Waals surface area contributed by atoms with Crippen LogP contribution in [0.2, 0.25) is 0 Å². The zero-order valence-electron chi connectivity index (χ0n) is 7.78. The van der Waals surface area contributed by atoms with E-state index in [4.69, 9.17) is 5.73 Å². The molecule has 2 nitrogen and oxygen atoms in total. The normalized spacial score (nSPS) is 10.2. The smallest absolute Gasteiger partial charge is 0.200 e. The number of hydrogen-bond donors (Lipinski definition) is 2. The predicted octanol–water partition coefficient (Wildman–Crippen LogP) is 1.89. The van der Waals surface area contributed by atoms with E-state index in [1.54, 1.807) is 0 Å². The molecule has 0 spiro atoms. The van der Waals surface area contributed by atoms with Gasteiger partial charge in [0, 0.05) is 0 Å². The van der Waals surface area contributed by atoms with Gasteiger partial charge in [-0.05, 0) is 12.2 Å². The number of hydrogen-bond acceptors (Lipinski definition) is 2. The van der Waals surface area contributed by atoms with Crippen molar-refractivity contribution < 1.29 is 22.0 Å². The van der Waals surface area contributed by atoms with Gasteiger partial charge in [-0.25, -0.2) is 22.0 Å². The molecule has 9 heteroatoms. The second-order valence-corrected chi connectivity index (χ2v) is 3.61. The maximum atomic E-state index is 13.2. The highest BCUT2D eigenvalue weighted by molar-refractivity contribution is 7.82. The first-order chi connectivity index (χ1) is 7.77. The van der Waals surface area contributed by atoms with Crippen LogP contribution in [0, 0.1) is 29.1 Å². The van der Waals surface area contributed by atoms with Crippen LogP contribution in [0.3, 0.4) is 0 Å². The average molecular weight is 286 g/mol. The Labute approximate surface area is 103 Å². The lowest BCUT2D eigenvalue weighted by molar-refractivity contribution is 0.377. The number of nitrogens with one attached hydrogen (secondary N) is 1. The molecule has 1 aromatic carbocycles. The summed E-state index contributed by atoms with van der Waals surface area (Å²) in [7, 11) is 0. The van der Waals surface area contributed by atoms with Crippen molar-refractivity contribution in [3.63, 3.8) is 0 Å². The third kappa shape index (κ3) is 2.50. The van der Waals surface area contributed by atoms with Gasteiger partial charge in [-0.15, -0.1) is 0 Å². The Bertz CT molecular complexity index is 488. The highest BCUT2D eigenvalue weighted by Gasteiger charge is 2.27. The summed E-state index contributed by atoms with van der Waals surface area (Å²) in [5, 5.41) is 1.46. The molecule has 0 fully saturated rings. The Morgan fingerprint density at radius 2 is 1.18 bits per heavy atom. The lowest BCUT2D eigenvalue weighted by atomic mass is 10.1. The van der Waals surface area contributed by atoms with E-state index in [0.29, 0.717) is 0 Å². The Balaban J connectivity index is 3.44. The van der Waals surface area contributed by atoms with Crippen molar-refractivity contribution in [3.8, 4) is 0 Å². The molecule has 0 bridgehead atoms. The summed E-state index contributed by atoms with van der Waals surface area (Å²) < 4.78 is 64.6. The first-order valence-electron chi connectivity index (χ1n) is 3.89. The molecule has 1 rings (SSSR count). The maximum Gasteiger partial charge on any atom is 0.200 e. The van der Waals surface area contributed by atoms with Crippen LogP contribution in [0.4, 0.5) is 22.0 Å². The van der Waals surface area contributed by atoms with Gasteiger partial charge >= 0.3 is 0 Å². The summed E-state index contributed by atoms with van der Waals surface area (Å²) in [4.78, 5) is -0.787. The zero-order valence-corrected chi connectivity index (χ0v) is 9.42. The van der Waals surface area contributed by atoms with Crippen LogP contribution in [0.1, 0.15) is 5.56 Å². The van der Waals surface area contributed by atoms with Gasteiger partial charge in [-0.1, -0.05) is 12.2 Å². The Morgan fingerprint density at radius 3 is 1.53 bits per heavy atom. The van der Waals surface area contributed by atoms with Gasteiger partial charge in [-0.3, -0.25) is 0 Å². The predicted molar refractivity (Wildman–Crippen MR) is 57.9 cm³/mol. The van der Waals surface area contributed by atoms with Gasteiger partial charge < -0.3 is 11.1 Å². The largest absolute Gasteiger partial charge is 0.376 e. The molecule has 17 heavy (non-hydrogen) atoms. The summed E-state index contributed by atoms with van der Waals surface area (Å²) in [6, 6.07) is 0. The molecule has 0 atom stereocenters. The fraction of sp³-hybridized carbons (Fsp3) is 0. The number of benzene rings is 1. The second-order valence-electron chi connectivity index (χ2n) is 2.76. The molecule has 0 aliphatic carbocycles. The fourth-order valence-corrected chi connectivity index (χ4v) is 1.43. The van der Waals surface area contributed by atoms with Crippen LogP contribution in [0.5, 0.6) is 0 Å². The minimum atomic E-state index is -2.26. The van der Waals surface area contributed by atoms with E-state index < -0.39 is 44.8 Å². The monoisotopic (exact) mass is 286 g/mol. The molecule has 3 N–H and O–H groups in total. The molecule has 0 saturated heterocycles. The third-order valence-corrected chi connectivity index (χ3v) is 2.08. The van der Waals surface area contributed by atoms with Crippen molar-refractivity contribution in [2.75, 3.05) is 0 Å². The lowest BCUT2D eigenvalue weighted by Crippen LogP contribution is -2.35. The van der Waals surface area contributed by atoms with Crippen molar-refractivity contribution >= 4 is 34.5 Å². The highest BCUT2D eigenvalue weighted by Crippen LogP contribution is 2.23. The summed E-state index contributed by atoms with van der Waals surface area (Å²) in [6.45, 7) is 0. The molecule has 0 aliphatic heterocycles. The highest BCUT2D eigenvalue weighted by atomic mass is 32.1. The SMILES string of the molecule is NC(=S)NC(=S)c1c(F)c(F)c(F)c(F)c1F. The molecular weight excluding hydrogens is 283 g/mol. The Morgan fingerprint density at radius 1 is 0.824 bits per heavy atom. The minimum absolute atomic E-state index is 0.459. The Kier molecular flexibility index (Phi) is 3.94. The van der Waals surface area contributed by atoms with E-state index in [2.05, 4.69) is 24.4 Å². The average Bonchev–Trinajstić information content (AvgIpc) is 2.23. The summed E-state index contributed by atoms with van der Waals surface area (Å²) in [6.07, 6.45) is 0. The van der Waals surface area contributed by atoms with Crippen LogP contribution in [0.15, 0.2) is 0 Å². The van der Waals surface area contributed by atoms with Crippen molar-refractivity contribution in [3.05, 3.63) is 34.6 Å². The van der Waals surface area contributed by atoms with Crippen molar-refractivity contribution in [2.24, 2.45) is 5.73 Å². The van der Waals surface area contributed by atoms with Gasteiger partial charge in [0.1, 0.15) is 4.99 Å². The molecule has 0 radical (unpaired) electrons. The van der Waals surface area contributed by atoms with Crippen LogP contribution < -0.4 is 11.1 Å². The maximum absolute atomic E-state index is 13.2. The molecule has 0 unspecified atom stereocenters. The van der Waals surface area contributed by atoms with Crippen molar-refractivity contribution in [2.45, 2.75) is 0 Å². The molecule has 0 saturated carbocycles. The van der Waals surface area contributed by atoms with E-state index >= 15 is 0 Å². The molecule has 0 heterocycles. The topological polar surface area (TPSA) is 38.0 Å². The van der Waals surface area contributed by atoms with Gasteiger partial charge in [0.15, 0.2) is 28.4 Å². The van der Waals surface area contributed by atoms with E-state index in [1.807, 2.05) is 5.32 Å². The van der Waals surface area contributed by atoms with Crippen LogP contribution >= 0.6 is 24.4 Å². The third-order valence-electron chi connectivity index (χ3n) is 1.67. The van der Waals surface area contributed by atoms with E-state index in [0.717, 1.165) is 0 Å². The number of rotatable bonds is 1. The summed E-state index contributed by atoms with van der Waals surface area (Å²) in [5.41, 5.74) is 3.69. The molecule has 0 aromatic heterocycles. The first-order valence-corrected chi connectivity index (χ1v) is 4.71. The van der Waals surface area contributed by atoms with Crippen LogP contribution in [-0.2, 0) is 0 Å². The fourth-order valence-electron chi connectivity index (χ4n) is 0.979. The van der Waals surface area contributed by atoms with Gasteiger partial charge in [0.25, 0.3) is 0 Å². The molecular formula is C8H3F5N2S2. The summed E-state index contributed by atoms with van der Waals surface area (Å²) >= 11 is 8.74. The van der Waals surface area contributed by atoms with Crippen LogP contribution in [0.25, 0.3) is 0 Å². The van der Waals surface area contributed by atoms with E-state index in [1.165, 1.54) is 0 Å². The first kappa shape index (κ1) is 13.7. The number of halogens is 5. The zero-order chi connectivity index (χ0) is 13.3. The Hall–Kier alpha value is -1.35. The van der Waals surface area contributed by atoms with Crippen molar-refractivity contribution in [1.82, 2.24) is 5.32 Å². The standard InChI is InChI=1S/C8H3F5N2S2/c9-2-1(7(16)15-8(14)17)3(10)5(12)6(13)4(2)11/h(H3,14,15,16,17).